The van der Waals surface area contributed by atoms with E-state index in [4.69, 9.17) is 11.6 Å². The first kappa shape index (κ1) is 14.8. The van der Waals surface area contributed by atoms with Crippen LogP contribution in [-0.4, -0.2) is 37.1 Å². The van der Waals surface area contributed by atoms with E-state index in [2.05, 4.69) is 4.90 Å². The van der Waals surface area contributed by atoms with Gasteiger partial charge in [-0.3, -0.25) is 4.79 Å². The monoisotopic (exact) mass is 291 g/mol. The van der Waals surface area contributed by atoms with E-state index >= 15 is 0 Å². The number of ketones is 1. The third-order valence-electron chi connectivity index (χ3n) is 2.61. The summed E-state index contributed by atoms with van der Waals surface area (Å²) in [6.07, 6.45) is 0. The molecule has 0 fully saturated rings. The summed E-state index contributed by atoms with van der Waals surface area (Å²) in [5.41, 5.74) is 0.826. The van der Waals surface area contributed by atoms with Crippen LogP contribution in [0.5, 0.6) is 0 Å². The van der Waals surface area contributed by atoms with Crippen molar-refractivity contribution in [1.29, 1.82) is 0 Å². The molecule has 1 aromatic carbocycles. The van der Waals surface area contributed by atoms with E-state index in [-0.39, 0.29) is 24.1 Å². The van der Waals surface area contributed by atoms with Gasteiger partial charge in [0.2, 0.25) is 0 Å². The van der Waals surface area contributed by atoms with E-state index in [9.17, 15) is 4.79 Å². The van der Waals surface area contributed by atoms with E-state index in [1.807, 2.05) is 26.2 Å². The van der Waals surface area contributed by atoms with Gasteiger partial charge < -0.3 is 4.90 Å². The summed E-state index contributed by atoms with van der Waals surface area (Å²) >= 11 is 7.64. The molecule has 1 aliphatic rings. The Morgan fingerprint density at radius 1 is 1.47 bits per heavy atom. The number of thioether (sulfide) groups is 1. The SMILES string of the molecule is CN(C)CC1CSc2cc(Cl)ccc2C1=O.Cl. The Labute approximate surface area is 117 Å². The summed E-state index contributed by atoms with van der Waals surface area (Å²) in [5, 5.41) is 0.699. The lowest BCUT2D eigenvalue weighted by atomic mass is 9.98. The first-order valence-electron chi connectivity index (χ1n) is 5.19. The molecule has 0 radical (unpaired) electrons. The van der Waals surface area contributed by atoms with Crippen LogP contribution in [0.25, 0.3) is 0 Å². The molecule has 94 valence electrons. The number of fused-ring (bicyclic) bond motifs is 1. The highest BCUT2D eigenvalue weighted by Gasteiger charge is 2.28. The van der Waals surface area contributed by atoms with Gasteiger partial charge in [0.25, 0.3) is 0 Å². The average molecular weight is 292 g/mol. The maximum atomic E-state index is 12.2. The van der Waals surface area contributed by atoms with Crippen molar-refractivity contribution < 1.29 is 4.79 Å². The van der Waals surface area contributed by atoms with Crippen LogP contribution in [0.3, 0.4) is 0 Å². The smallest absolute Gasteiger partial charge is 0.169 e. The third kappa shape index (κ3) is 3.38. The van der Waals surface area contributed by atoms with Crippen molar-refractivity contribution in [3.63, 3.8) is 0 Å². The fourth-order valence-corrected chi connectivity index (χ4v) is 3.29. The van der Waals surface area contributed by atoms with Gasteiger partial charge in [-0.1, -0.05) is 11.6 Å². The molecule has 2 nitrogen and oxygen atoms in total. The zero-order chi connectivity index (χ0) is 11.7. The predicted octanol–water partition coefficient (Wildman–Crippen LogP) is 3.23. The Hall–Kier alpha value is -0.220. The molecule has 0 saturated carbocycles. The third-order valence-corrected chi connectivity index (χ3v) is 4.06. The molecule has 5 heteroatoms. The molecule has 1 heterocycles. The van der Waals surface area contributed by atoms with Crippen molar-refractivity contribution in [3.05, 3.63) is 28.8 Å². The lowest BCUT2D eigenvalue weighted by molar-refractivity contribution is 0.0907. The predicted molar refractivity (Wildman–Crippen MR) is 75.8 cm³/mol. The fraction of sp³-hybridized carbons (Fsp3) is 0.417. The van der Waals surface area contributed by atoms with E-state index < -0.39 is 0 Å². The molecule has 1 unspecified atom stereocenters. The van der Waals surface area contributed by atoms with E-state index in [1.54, 1.807) is 17.8 Å². The van der Waals surface area contributed by atoms with Crippen molar-refractivity contribution in [2.75, 3.05) is 26.4 Å². The molecule has 0 spiro atoms. The van der Waals surface area contributed by atoms with Gasteiger partial charge >= 0.3 is 0 Å². The minimum absolute atomic E-state index is 0. The van der Waals surface area contributed by atoms with E-state index in [0.717, 1.165) is 22.8 Å². The molecular formula is C12H15Cl2NOS. The zero-order valence-electron chi connectivity index (χ0n) is 9.77. The van der Waals surface area contributed by atoms with Crippen molar-refractivity contribution in [2.45, 2.75) is 4.90 Å². The first-order chi connectivity index (χ1) is 7.58. The van der Waals surface area contributed by atoms with Crippen LogP contribution in [0.15, 0.2) is 23.1 Å². The molecule has 1 aromatic rings. The molecule has 0 N–H and O–H groups in total. The Bertz CT molecular complexity index is 423. The second-order valence-electron chi connectivity index (χ2n) is 4.27. The van der Waals surface area contributed by atoms with Crippen molar-refractivity contribution in [3.8, 4) is 0 Å². The molecule has 17 heavy (non-hydrogen) atoms. The number of hydrogen-bond acceptors (Lipinski definition) is 3. The minimum atomic E-state index is 0. The number of carbonyl (C=O) groups excluding carboxylic acids is 1. The van der Waals surface area contributed by atoms with Crippen molar-refractivity contribution in [1.82, 2.24) is 4.90 Å². The zero-order valence-corrected chi connectivity index (χ0v) is 12.2. The van der Waals surface area contributed by atoms with Crippen LogP contribution in [-0.2, 0) is 0 Å². The Kier molecular flexibility index (Phi) is 5.32. The number of hydrogen-bond donors (Lipinski definition) is 0. The Morgan fingerprint density at radius 2 is 2.18 bits per heavy atom. The van der Waals surface area contributed by atoms with Gasteiger partial charge in [0, 0.05) is 33.7 Å². The lowest BCUT2D eigenvalue weighted by Gasteiger charge is -2.25. The molecule has 0 amide bonds. The Balaban J connectivity index is 0.00000144. The topological polar surface area (TPSA) is 20.3 Å². The summed E-state index contributed by atoms with van der Waals surface area (Å²) in [7, 11) is 3.99. The van der Waals surface area contributed by atoms with E-state index in [1.165, 1.54) is 0 Å². The molecule has 0 aromatic heterocycles. The normalized spacial score (nSPS) is 18.8. The highest BCUT2D eigenvalue weighted by molar-refractivity contribution is 7.99. The molecule has 0 bridgehead atoms. The molecule has 1 atom stereocenters. The minimum Gasteiger partial charge on any atom is -0.309 e. The molecule has 0 aliphatic carbocycles. The molecular weight excluding hydrogens is 277 g/mol. The highest BCUT2D eigenvalue weighted by atomic mass is 35.5. The number of Topliss-reactive ketones (excluding diaryl/α,β-unsaturated/α-hetero) is 1. The molecule has 0 saturated heterocycles. The van der Waals surface area contributed by atoms with Gasteiger partial charge in [-0.25, -0.2) is 0 Å². The van der Waals surface area contributed by atoms with Gasteiger partial charge in [-0.2, -0.15) is 0 Å². The van der Waals surface area contributed by atoms with Crippen LogP contribution in [0.4, 0.5) is 0 Å². The summed E-state index contributed by atoms with van der Waals surface area (Å²) in [5.74, 6) is 1.21. The second kappa shape index (κ2) is 6.10. The number of halogens is 2. The Morgan fingerprint density at radius 3 is 2.82 bits per heavy atom. The van der Waals surface area contributed by atoms with Gasteiger partial charge in [0.15, 0.2) is 5.78 Å². The quantitative estimate of drug-likeness (QED) is 0.834. The van der Waals surface area contributed by atoms with Crippen molar-refractivity contribution >= 4 is 41.6 Å². The van der Waals surface area contributed by atoms with Gasteiger partial charge in [0.05, 0.1) is 0 Å². The maximum Gasteiger partial charge on any atom is 0.169 e. The van der Waals surface area contributed by atoms with E-state index in [0.29, 0.717) is 5.02 Å². The highest BCUT2D eigenvalue weighted by Crippen LogP contribution is 2.34. The van der Waals surface area contributed by atoms with Crippen LogP contribution in [0.1, 0.15) is 10.4 Å². The van der Waals surface area contributed by atoms with Crippen LogP contribution in [0, 0.1) is 5.92 Å². The maximum absolute atomic E-state index is 12.2. The van der Waals surface area contributed by atoms with Gasteiger partial charge in [0.1, 0.15) is 0 Å². The fourth-order valence-electron chi connectivity index (χ4n) is 1.88. The number of carbonyl (C=O) groups is 1. The number of benzene rings is 1. The first-order valence-corrected chi connectivity index (χ1v) is 6.55. The molecule has 1 aliphatic heterocycles. The van der Waals surface area contributed by atoms with Crippen LogP contribution < -0.4 is 0 Å². The van der Waals surface area contributed by atoms with Gasteiger partial charge in [-0.05, 0) is 32.3 Å². The van der Waals surface area contributed by atoms with Crippen LogP contribution >= 0.6 is 35.8 Å². The number of rotatable bonds is 2. The standard InChI is InChI=1S/C12H14ClNOS.ClH/c1-14(2)6-8-7-16-11-5-9(13)3-4-10(11)12(8)15;/h3-5,8H,6-7H2,1-2H3;1H. The summed E-state index contributed by atoms with van der Waals surface area (Å²) < 4.78 is 0. The average Bonchev–Trinajstić information content (AvgIpc) is 2.22. The van der Waals surface area contributed by atoms with Crippen LogP contribution in [0.2, 0.25) is 5.02 Å². The second-order valence-corrected chi connectivity index (χ2v) is 5.77. The lowest BCUT2D eigenvalue weighted by Crippen LogP contribution is -2.32. The summed E-state index contributed by atoms with van der Waals surface area (Å²) in [4.78, 5) is 15.3. The van der Waals surface area contributed by atoms with Crippen molar-refractivity contribution in [2.24, 2.45) is 5.92 Å². The van der Waals surface area contributed by atoms with Gasteiger partial charge in [-0.15, -0.1) is 24.2 Å². The largest absolute Gasteiger partial charge is 0.309 e. The number of nitrogens with zero attached hydrogens (tertiary/aromatic N) is 1. The molecule has 2 rings (SSSR count). The summed E-state index contributed by atoms with van der Waals surface area (Å²) in [6.45, 7) is 0.813. The summed E-state index contributed by atoms with van der Waals surface area (Å²) in [6, 6.07) is 5.51.